The van der Waals surface area contributed by atoms with E-state index in [0.717, 1.165) is 0 Å². The van der Waals surface area contributed by atoms with E-state index in [4.69, 9.17) is 0 Å². The van der Waals surface area contributed by atoms with Crippen molar-refractivity contribution in [1.82, 2.24) is 4.98 Å². The van der Waals surface area contributed by atoms with E-state index < -0.39 is 10.2 Å². The molecule has 2 rings (SSSR count). The van der Waals surface area contributed by atoms with E-state index in [1.807, 2.05) is 30.6 Å². The van der Waals surface area contributed by atoms with Crippen molar-refractivity contribution < 1.29 is 8.42 Å². The highest BCUT2D eigenvalue weighted by atomic mass is 32.2. The molecular weight excluding hydrogens is 214 g/mol. The van der Waals surface area contributed by atoms with Crippen molar-refractivity contribution in [3.63, 3.8) is 0 Å². The number of aromatic nitrogens is 1. The third kappa shape index (κ3) is 5.06. The second-order valence-corrected chi connectivity index (χ2v) is 3.99. The SMILES string of the molecule is NS(N)(=O)=O.c1ccc2cnccc2c1. The second kappa shape index (κ2) is 4.83. The van der Waals surface area contributed by atoms with Crippen LogP contribution in [-0.4, -0.2) is 13.4 Å². The molecule has 0 amide bonds. The number of nitrogens with zero attached hydrogens (tertiary/aromatic N) is 1. The molecule has 4 N–H and O–H groups in total. The molecule has 80 valence electrons. The van der Waals surface area contributed by atoms with Crippen molar-refractivity contribution in [2.45, 2.75) is 0 Å². The Bertz CT molecular complexity index is 466. The largest absolute Gasteiger partial charge is 0.271 e. The van der Waals surface area contributed by atoms with Crippen LogP contribution in [0.4, 0.5) is 0 Å². The zero-order valence-electron chi connectivity index (χ0n) is 7.87. The lowest BCUT2D eigenvalue weighted by Gasteiger charge is -1.91. The molecule has 1 aromatic heterocycles. The number of hydrogen-bond acceptors (Lipinski definition) is 3. The van der Waals surface area contributed by atoms with Crippen LogP contribution >= 0.6 is 0 Å². The van der Waals surface area contributed by atoms with E-state index >= 15 is 0 Å². The van der Waals surface area contributed by atoms with Gasteiger partial charge in [-0.25, -0.2) is 10.3 Å². The van der Waals surface area contributed by atoms with E-state index in [0.29, 0.717) is 0 Å². The van der Waals surface area contributed by atoms with Crippen LogP contribution in [0.1, 0.15) is 0 Å². The zero-order chi connectivity index (χ0) is 11.3. The molecule has 0 bridgehead atoms. The number of hydrogen-bond donors (Lipinski definition) is 2. The minimum absolute atomic E-state index is 1.20. The summed E-state index contributed by atoms with van der Waals surface area (Å²) in [4.78, 5) is 4.01. The molecule has 0 spiro atoms. The van der Waals surface area contributed by atoms with Crippen molar-refractivity contribution >= 4 is 21.0 Å². The Morgan fingerprint density at radius 3 is 2.07 bits per heavy atom. The summed E-state index contributed by atoms with van der Waals surface area (Å²) >= 11 is 0. The molecule has 6 heteroatoms. The van der Waals surface area contributed by atoms with Crippen molar-refractivity contribution in [3.05, 3.63) is 42.7 Å². The van der Waals surface area contributed by atoms with Crippen LogP contribution in [0, 0.1) is 0 Å². The number of pyridine rings is 1. The average molecular weight is 225 g/mol. The minimum atomic E-state index is -3.67. The van der Waals surface area contributed by atoms with Crippen LogP contribution in [0.15, 0.2) is 42.7 Å². The molecule has 0 atom stereocenters. The predicted molar refractivity (Wildman–Crippen MR) is 59.0 cm³/mol. The molecule has 1 heterocycles. The van der Waals surface area contributed by atoms with E-state index in [9.17, 15) is 8.42 Å². The molecule has 15 heavy (non-hydrogen) atoms. The van der Waals surface area contributed by atoms with Crippen LogP contribution in [0.3, 0.4) is 0 Å². The molecule has 2 aromatic rings. The quantitative estimate of drug-likeness (QED) is 0.678. The molecule has 5 nitrogen and oxygen atoms in total. The summed E-state index contributed by atoms with van der Waals surface area (Å²) in [5.41, 5.74) is 0. The highest BCUT2D eigenvalue weighted by molar-refractivity contribution is 7.86. The van der Waals surface area contributed by atoms with Gasteiger partial charge in [0.1, 0.15) is 0 Å². The molecule has 0 saturated carbocycles. The Morgan fingerprint density at radius 2 is 1.53 bits per heavy atom. The van der Waals surface area contributed by atoms with E-state index in [-0.39, 0.29) is 0 Å². The summed E-state index contributed by atoms with van der Waals surface area (Å²) in [5.74, 6) is 0. The molecule has 0 radical (unpaired) electrons. The van der Waals surface area contributed by atoms with Crippen molar-refractivity contribution in [3.8, 4) is 0 Å². The smallest absolute Gasteiger partial charge is 0.264 e. The summed E-state index contributed by atoms with van der Waals surface area (Å²) in [6.07, 6.45) is 3.68. The maximum Gasteiger partial charge on any atom is 0.271 e. The molecule has 0 aliphatic heterocycles. The van der Waals surface area contributed by atoms with E-state index in [1.54, 1.807) is 0 Å². The van der Waals surface area contributed by atoms with Crippen LogP contribution in [0.5, 0.6) is 0 Å². The van der Waals surface area contributed by atoms with Crippen molar-refractivity contribution in [2.75, 3.05) is 0 Å². The highest BCUT2D eigenvalue weighted by Gasteiger charge is 1.86. The summed E-state index contributed by atoms with van der Waals surface area (Å²) in [6.45, 7) is 0. The Balaban J connectivity index is 0.000000195. The first-order valence-electron chi connectivity index (χ1n) is 4.06. The Kier molecular flexibility index (Phi) is 3.73. The molecule has 0 fully saturated rings. The van der Waals surface area contributed by atoms with Gasteiger partial charge in [-0.05, 0) is 16.8 Å². The van der Waals surface area contributed by atoms with Gasteiger partial charge in [0, 0.05) is 12.4 Å². The van der Waals surface area contributed by atoms with Crippen molar-refractivity contribution in [1.29, 1.82) is 0 Å². The fraction of sp³-hybridized carbons (Fsp3) is 0. The highest BCUT2D eigenvalue weighted by Crippen LogP contribution is 2.09. The summed E-state index contributed by atoms with van der Waals surface area (Å²) in [7, 11) is -3.67. The molecule has 1 aromatic carbocycles. The number of rotatable bonds is 0. The number of benzene rings is 1. The second-order valence-electron chi connectivity index (χ2n) is 2.81. The lowest BCUT2D eigenvalue weighted by molar-refractivity contribution is 0.599. The monoisotopic (exact) mass is 225 g/mol. The topological polar surface area (TPSA) is 99.1 Å². The molecule has 0 aliphatic carbocycles. The third-order valence-electron chi connectivity index (χ3n) is 1.55. The normalized spacial score (nSPS) is 10.5. The zero-order valence-corrected chi connectivity index (χ0v) is 8.68. The fourth-order valence-electron chi connectivity index (χ4n) is 1.03. The summed E-state index contributed by atoms with van der Waals surface area (Å²) in [6, 6.07) is 10.2. The molecular formula is C9H11N3O2S. The van der Waals surface area contributed by atoms with Crippen LogP contribution in [-0.2, 0) is 10.2 Å². The van der Waals surface area contributed by atoms with Crippen LogP contribution in [0.2, 0.25) is 0 Å². The van der Waals surface area contributed by atoms with Gasteiger partial charge < -0.3 is 0 Å². The van der Waals surface area contributed by atoms with Gasteiger partial charge in [-0.1, -0.05) is 24.3 Å². The molecule has 0 unspecified atom stereocenters. The first-order chi connectivity index (χ1) is 6.97. The standard InChI is InChI=1S/C9H7N.H4N2O2S/c1-2-4-9-7-10-6-5-8(9)3-1;1-5(2,3)4/h1-7H;(H4,1,2,3,4). The Labute approximate surface area is 87.9 Å². The summed E-state index contributed by atoms with van der Waals surface area (Å²) < 4.78 is 18.4. The Morgan fingerprint density at radius 1 is 1.00 bits per heavy atom. The molecule has 0 aliphatic rings. The lowest BCUT2D eigenvalue weighted by atomic mass is 10.2. The third-order valence-corrected chi connectivity index (χ3v) is 1.55. The maximum absolute atomic E-state index is 9.19. The number of fused-ring (bicyclic) bond motifs is 1. The van der Waals surface area contributed by atoms with Gasteiger partial charge in [0.05, 0.1) is 0 Å². The number of nitrogens with two attached hydrogens (primary N) is 2. The van der Waals surface area contributed by atoms with Gasteiger partial charge in [0.2, 0.25) is 0 Å². The average Bonchev–Trinajstić information content (AvgIpc) is 2.16. The first-order valence-corrected chi connectivity index (χ1v) is 5.67. The van der Waals surface area contributed by atoms with Gasteiger partial charge in [-0.15, -0.1) is 0 Å². The maximum atomic E-state index is 9.19. The van der Waals surface area contributed by atoms with Gasteiger partial charge >= 0.3 is 0 Å². The van der Waals surface area contributed by atoms with Crippen molar-refractivity contribution in [2.24, 2.45) is 10.3 Å². The Hall–Kier alpha value is -1.50. The van der Waals surface area contributed by atoms with E-state index in [2.05, 4.69) is 27.4 Å². The van der Waals surface area contributed by atoms with Gasteiger partial charge in [0.25, 0.3) is 10.2 Å². The summed E-state index contributed by atoms with van der Waals surface area (Å²) in [5, 5.41) is 10.7. The minimum Gasteiger partial charge on any atom is -0.264 e. The fourth-order valence-corrected chi connectivity index (χ4v) is 1.03. The first kappa shape index (κ1) is 11.6. The van der Waals surface area contributed by atoms with Crippen LogP contribution in [0.25, 0.3) is 10.8 Å². The van der Waals surface area contributed by atoms with Crippen LogP contribution < -0.4 is 10.3 Å². The van der Waals surface area contributed by atoms with Gasteiger partial charge in [0.15, 0.2) is 0 Å². The van der Waals surface area contributed by atoms with Gasteiger partial charge in [-0.3, -0.25) is 4.98 Å². The lowest BCUT2D eigenvalue weighted by Crippen LogP contribution is -2.21. The van der Waals surface area contributed by atoms with E-state index in [1.165, 1.54) is 10.8 Å². The van der Waals surface area contributed by atoms with Gasteiger partial charge in [-0.2, -0.15) is 8.42 Å². The predicted octanol–water partition coefficient (Wildman–Crippen LogP) is 0.383. The molecule has 0 saturated heterocycles.